The lowest BCUT2D eigenvalue weighted by molar-refractivity contribution is -0.122. The average molecular weight is 446 g/mol. The van der Waals surface area contributed by atoms with Crippen molar-refractivity contribution in [1.29, 1.82) is 0 Å². The maximum Gasteiger partial charge on any atom is 0.257 e. The van der Waals surface area contributed by atoms with Gasteiger partial charge in [-0.3, -0.25) is 9.59 Å². The molecule has 0 heterocycles. The molecule has 2 amide bonds. The first kappa shape index (κ1) is 22.8. The first-order chi connectivity index (χ1) is 14.9. The fourth-order valence-electron chi connectivity index (χ4n) is 3.37. The summed E-state index contributed by atoms with van der Waals surface area (Å²) in [4.78, 5) is 24.1. The number of sulfonamides is 1. The lowest BCUT2D eigenvalue weighted by atomic mass is 10.2. The van der Waals surface area contributed by atoms with E-state index >= 15 is 0 Å². The molecule has 166 valence electrons. The fourth-order valence-corrected chi connectivity index (χ4v) is 4.72. The molecule has 3 N–H and O–H groups in total. The minimum Gasteiger partial charge on any atom is -0.484 e. The molecule has 1 saturated carbocycles. The van der Waals surface area contributed by atoms with Crippen LogP contribution in [0.25, 0.3) is 0 Å². The van der Waals surface area contributed by atoms with Crippen LogP contribution in [0, 0.1) is 0 Å². The zero-order valence-corrected chi connectivity index (χ0v) is 18.2. The summed E-state index contributed by atoms with van der Waals surface area (Å²) < 4.78 is 33.3. The number of amides is 2. The number of hydrogen-bond donors (Lipinski definition) is 3. The SMILES string of the molecule is CCNC(=O)COc1ccc(NC(=O)c2cccc(S(=O)(=O)NC3CCCC3)c2)cc1. The van der Waals surface area contributed by atoms with E-state index in [-0.39, 0.29) is 29.0 Å². The van der Waals surface area contributed by atoms with Crippen LogP contribution < -0.4 is 20.1 Å². The van der Waals surface area contributed by atoms with Gasteiger partial charge in [0.15, 0.2) is 6.61 Å². The van der Waals surface area contributed by atoms with E-state index in [1.54, 1.807) is 36.4 Å². The summed E-state index contributed by atoms with van der Waals surface area (Å²) in [5.74, 6) is -0.138. The van der Waals surface area contributed by atoms with Gasteiger partial charge in [-0.1, -0.05) is 18.9 Å². The van der Waals surface area contributed by atoms with Crippen molar-refractivity contribution < 1.29 is 22.7 Å². The van der Waals surface area contributed by atoms with E-state index in [4.69, 9.17) is 4.74 Å². The van der Waals surface area contributed by atoms with E-state index in [1.807, 2.05) is 6.92 Å². The number of rotatable bonds is 9. The Morgan fingerprint density at radius 1 is 1.06 bits per heavy atom. The smallest absolute Gasteiger partial charge is 0.257 e. The van der Waals surface area contributed by atoms with Crippen LogP contribution >= 0.6 is 0 Å². The minimum atomic E-state index is -3.68. The highest BCUT2D eigenvalue weighted by Gasteiger charge is 2.23. The molecule has 0 atom stereocenters. The standard InChI is InChI=1S/C22H27N3O5S/c1-2-23-21(26)15-30-19-12-10-17(11-13-19)24-22(27)16-6-5-9-20(14-16)31(28,29)25-18-7-3-4-8-18/h5-6,9-14,18,25H,2-4,7-8,15H2,1H3,(H,23,26)(H,24,27). The summed E-state index contributed by atoms with van der Waals surface area (Å²) in [6.07, 6.45) is 3.71. The number of hydrogen-bond acceptors (Lipinski definition) is 5. The Morgan fingerprint density at radius 2 is 1.77 bits per heavy atom. The van der Waals surface area contributed by atoms with E-state index < -0.39 is 15.9 Å². The van der Waals surface area contributed by atoms with E-state index in [0.29, 0.717) is 18.0 Å². The molecule has 1 aliphatic rings. The Morgan fingerprint density at radius 3 is 2.45 bits per heavy atom. The van der Waals surface area contributed by atoms with Gasteiger partial charge >= 0.3 is 0 Å². The molecule has 0 aliphatic heterocycles. The van der Waals surface area contributed by atoms with Gasteiger partial charge in [0.25, 0.3) is 11.8 Å². The Balaban J connectivity index is 1.61. The molecular formula is C22H27N3O5S. The van der Waals surface area contributed by atoms with Crippen molar-refractivity contribution in [3.05, 3.63) is 54.1 Å². The summed E-state index contributed by atoms with van der Waals surface area (Å²) in [5, 5.41) is 5.37. The van der Waals surface area contributed by atoms with Crippen LogP contribution in [0.15, 0.2) is 53.4 Å². The summed E-state index contributed by atoms with van der Waals surface area (Å²) >= 11 is 0. The van der Waals surface area contributed by atoms with Crippen molar-refractivity contribution in [3.63, 3.8) is 0 Å². The molecule has 0 radical (unpaired) electrons. The highest BCUT2D eigenvalue weighted by atomic mass is 32.2. The largest absolute Gasteiger partial charge is 0.484 e. The molecule has 0 spiro atoms. The summed E-state index contributed by atoms with van der Waals surface area (Å²) in [6, 6.07) is 12.5. The average Bonchev–Trinajstić information content (AvgIpc) is 3.26. The van der Waals surface area contributed by atoms with Gasteiger partial charge in [0.05, 0.1) is 4.90 Å². The van der Waals surface area contributed by atoms with Crippen LogP contribution in [0.4, 0.5) is 5.69 Å². The molecule has 9 heteroatoms. The van der Waals surface area contributed by atoms with Crippen molar-refractivity contribution in [1.82, 2.24) is 10.0 Å². The second-order valence-electron chi connectivity index (χ2n) is 7.35. The van der Waals surface area contributed by atoms with Crippen molar-refractivity contribution >= 4 is 27.5 Å². The fraction of sp³-hybridized carbons (Fsp3) is 0.364. The number of nitrogens with one attached hydrogen (secondary N) is 3. The lowest BCUT2D eigenvalue weighted by Gasteiger charge is -2.13. The van der Waals surface area contributed by atoms with Gasteiger partial charge < -0.3 is 15.4 Å². The van der Waals surface area contributed by atoms with Gasteiger partial charge in [-0.15, -0.1) is 0 Å². The first-order valence-corrected chi connectivity index (χ1v) is 11.8. The van der Waals surface area contributed by atoms with Crippen LogP contribution in [-0.2, 0) is 14.8 Å². The Labute approximate surface area is 182 Å². The number of carbonyl (C=O) groups excluding carboxylic acids is 2. The van der Waals surface area contributed by atoms with Crippen molar-refractivity contribution in [3.8, 4) is 5.75 Å². The summed E-state index contributed by atoms with van der Waals surface area (Å²) in [7, 11) is -3.68. The normalized spacial score (nSPS) is 14.2. The molecule has 2 aromatic rings. The number of benzene rings is 2. The second-order valence-corrected chi connectivity index (χ2v) is 9.07. The Hall–Kier alpha value is -2.91. The lowest BCUT2D eigenvalue weighted by Crippen LogP contribution is -2.32. The first-order valence-electron chi connectivity index (χ1n) is 10.3. The number of ether oxygens (including phenoxy) is 1. The maximum absolute atomic E-state index is 12.6. The van der Waals surface area contributed by atoms with Crippen LogP contribution in [0.2, 0.25) is 0 Å². The molecule has 1 aliphatic carbocycles. The van der Waals surface area contributed by atoms with E-state index in [0.717, 1.165) is 25.7 Å². The minimum absolute atomic E-state index is 0.0451. The van der Waals surface area contributed by atoms with Gasteiger partial charge in [0.1, 0.15) is 5.75 Å². The molecule has 1 fully saturated rings. The van der Waals surface area contributed by atoms with Crippen LogP contribution in [0.3, 0.4) is 0 Å². The highest BCUT2D eigenvalue weighted by molar-refractivity contribution is 7.89. The van der Waals surface area contributed by atoms with Gasteiger partial charge in [0, 0.05) is 23.8 Å². The molecule has 8 nitrogen and oxygen atoms in total. The molecule has 2 aromatic carbocycles. The topological polar surface area (TPSA) is 114 Å². The van der Waals surface area contributed by atoms with Crippen molar-refractivity contribution in [2.45, 2.75) is 43.5 Å². The maximum atomic E-state index is 12.6. The van der Waals surface area contributed by atoms with E-state index in [2.05, 4.69) is 15.4 Å². The number of carbonyl (C=O) groups is 2. The number of likely N-dealkylation sites (N-methyl/N-ethyl adjacent to an activating group) is 1. The third kappa shape index (κ3) is 6.53. The Kier molecular flexibility index (Phi) is 7.64. The third-order valence-electron chi connectivity index (χ3n) is 4.94. The summed E-state index contributed by atoms with van der Waals surface area (Å²) in [6.45, 7) is 2.27. The van der Waals surface area contributed by atoms with Gasteiger partial charge in [-0.2, -0.15) is 0 Å². The molecule has 0 unspecified atom stereocenters. The monoisotopic (exact) mass is 445 g/mol. The summed E-state index contributed by atoms with van der Waals surface area (Å²) in [5.41, 5.74) is 0.763. The van der Waals surface area contributed by atoms with Gasteiger partial charge in [-0.05, 0) is 62.2 Å². The predicted octanol–water partition coefficient (Wildman–Crippen LogP) is 2.67. The van der Waals surface area contributed by atoms with E-state index in [9.17, 15) is 18.0 Å². The van der Waals surface area contributed by atoms with Crippen LogP contribution in [0.1, 0.15) is 43.0 Å². The van der Waals surface area contributed by atoms with E-state index in [1.165, 1.54) is 12.1 Å². The van der Waals surface area contributed by atoms with Gasteiger partial charge in [-0.25, -0.2) is 13.1 Å². The van der Waals surface area contributed by atoms with Crippen LogP contribution in [-0.4, -0.2) is 39.4 Å². The third-order valence-corrected chi connectivity index (χ3v) is 6.46. The van der Waals surface area contributed by atoms with Crippen molar-refractivity contribution in [2.24, 2.45) is 0 Å². The second kappa shape index (κ2) is 10.4. The molecule has 0 saturated heterocycles. The van der Waals surface area contributed by atoms with Crippen LogP contribution in [0.5, 0.6) is 5.75 Å². The van der Waals surface area contributed by atoms with Gasteiger partial charge in [0.2, 0.25) is 10.0 Å². The zero-order chi connectivity index (χ0) is 22.3. The molecule has 31 heavy (non-hydrogen) atoms. The predicted molar refractivity (Wildman–Crippen MR) is 118 cm³/mol. The Bertz CT molecular complexity index is 1020. The molecule has 3 rings (SSSR count). The zero-order valence-electron chi connectivity index (χ0n) is 17.4. The molecular weight excluding hydrogens is 418 g/mol. The quantitative estimate of drug-likeness (QED) is 0.549. The molecule has 0 aromatic heterocycles. The highest BCUT2D eigenvalue weighted by Crippen LogP contribution is 2.21. The van der Waals surface area contributed by atoms with Crippen molar-refractivity contribution in [2.75, 3.05) is 18.5 Å². The molecule has 0 bridgehead atoms. The number of anilines is 1.